The zero-order chi connectivity index (χ0) is 36.8. The molecule has 3 atom stereocenters. The normalized spacial score (nSPS) is 17.6. The monoisotopic (exact) mass is 752 g/mol. The van der Waals surface area contributed by atoms with E-state index >= 15 is 0 Å². The minimum absolute atomic E-state index is 0.0720. The first-order valence-corrected chi connectivity index (χ1v) is 20.1. The molecule has 3 unspecified atom stereocenters. The predicted octanol–water partition coefficient (Wildman–Crippen LogP) is 5.86. The largest absolute Gasteiger partial charge is 0.389 e. The van der Waals surface area contributed by atoms with Crippen molar-refractivity contribution in [3.63, 3.8) is 0 Å². The lowest BCUT2D eigenvalue weighted by molar-refractivity contribution is 0.0927. The fourth-order valence-corrected chi connectivity index (χ4v) is 7.88. The van der Waals surface area contributed by atoms with Crippen LogP contribution < -0.4 is 28.4 Å². The van der Waals surface area contributed by atoms with Gasteiger partial charge in [0.05, 0.1) is 11.7 Å². The van der Waals surface area contributed by atoms with E-state index in [-0.39, 0.29) is 51.9 Å². The molecule has 2 fully saturated rings. The van der Waals surface area contributed by atoms with Crippen LogP contribution in [-0.4, -0.2) is 52.1 Å². The minimum Gasteiger partial charge on any atom is -0.389 e. The fourth-order valence-electron chi connectivity index (χ4n) is 6.53. The highest BCUT2D eigenvalue weighted by Gasteiger charge is 2.24. The molecule has 6 rings (SSSR count). The third-order valence-electron chi connectivity index (χ3n) is 9.38. The molecule has 0 aliphatic heterocycles. The molecule has 4 aromatic rings. The van der Waals surface area contributed by atoms with Crippen molar-refractivity contribution >= 4 is 45.7 Å². The van der Waals surface area contributed by atoms with Gasteiger partial charge in [-0.1, -0.05) is 65.4 Å². The van der Waals surface area contributed by atoms with E-state index in [2.05, 4.69) is 56.1 Å². The van der Waals surface area contributed by atoms with Crippen LogP contribution in [0.1, 0.15) is 130 Å². The summed E-state index contributed by atoms with van der Waals surface area (Å²) >= 11 is -4.10. The number of aromatic nitrogens is 4. The molecule has 2 aromatic carbocycles. The number of anilines is 1. The molecule has 2 heterocycles. The molecule has 14 nitrogen and oxygen atoms in total. The molecule has 2 saturated carbocycles. The highest BCUT2D eigenvalue weighted by Crippen LogP contribution is 2.26. The molecule has 0 bridgehead atoms. The first-order valence-electron chi connectivity index (χ1n) is 18.0. The van der Waals surface area contributed by atoms with Crippen LogP contribution in [0.2, 0.25) is 0 Å². The van der Waals surface area contributed by atoms with Gasteiger partial charge in [0.15, 0.2) is 11.5 Å². The van der Waals surface area contributed by atoms with Crippen molar-refractivity contribution in [3.8, 4) is 11.5 Å². The van der Waals surface area contributed by atoms with E-state index in [1.807, 2.05) is 6.07 Å². The van der Waals surface area contributed by atoms with Gasteiger partial charge in [-0.25, -0.2) is 4.52 Å². The average molecular weight is 753 g/mol. The number of benzene rings is 2. The molecule has 2 aliphatic rings. The Kier molecular flexibility index (Phi) is 12.0. The van der Waals surface area contributed by atoms with Crippen molar-refractivity contribution in [1.82, 2.24) is 35.2 Å². The number of rotatable bonds is 13. The van der Waals surface area contributed by atoms with Crippen molar-refractivity contribution in [1.29, 1.82) is 0 Å². The summed E-state index contributed by atoms with van der Waals surface area (Å²) in [5.74, 6) is 0.265. The molecule has 16 heteroatoms. The van der Waals surface area contributed by atoms with Crippen LogP contribution in [-0.2, 0) is 27.9 Å². The number of H-pyrrole nitrogens is 1. The van der Waals surface area contributed by atoms with Gasteiger partial charge >= 0.3 is 11.3 Å². The Morgan fingerprint density at radius 1 is 0.808 bits per heavy atom. The number of carbonyl (C=O) groups is 2. The van der Waals surface area contributed by atoms with Crippen molar-refractivity contribution in [2.45, 2.75) is 115 Å². The Hall–Kier alpha value is -4.28. The van der Waals surface area contributed by atoms with Crippen molar-refractivity contribution < 1.29 is 26.4 Å². The lowest BCUT2D eigenvalue weighted by Crippen LogP contribution is -2.37. The second-order valence-electron chi connectivity index (χ2n) is 14.6. The SMILES string of the molecule is CC(NS(=O)Oc1cccc(NS(=O)Oc2cc(C(=O)NC3CCCCC3)cc(C(=O)NC3CCCCC3)c2)c1)c1nnc2cc(C(C)(C)C)[nH]n12. The standard InChI is InChI=1S/C36H48N8O6S2/c1-23(33-40-39-32-22-31(36(2,3)4)41-44(32)33)42-51(47)49-29-17-11-16-28(21-29)43-52(48)50-30-19-24(34(45)37-26-12-7-5-8-13-26)18-25(20-30)35(46)38-27-14-9-6-10-15-27/h11,16-23,26-27,41-43H,5-10,12-15H2,1-4H3,(H,37,45)(H,38,46). The topological polar surface area (TPSA) is 181 Å². The van der Waals surface area contributed by atoms with E-state index in [9.17, 15) is 18.0 Å². The van der Waals surface area contributed by atoms with Gasteiger partial charge < -0.3 is 19.0 Å². The molecule has 2 aromatic heterocycles. The molecule has 280 valence electrons. The van der Waals surface area contributed by atoms with Gasteiger partial charge in [-0.05, 0) is 62.9 Å². The number of nitrogens with one attached hydrogen (secondary N) is 5. The van der Waals surface area contributed by atoms with Gasteiger partial charge in [-0.15, -0.1) is 10.2 Å². The summed E-state index contributed by atoms with van der Waals surface area (Å²) < 4.78 is 44.9. The van der Waals surface area contributed by atoms with Gasteiger partial charge in [-0.3, -0.25) is 19.4 Å². The molecule has 0 spiro atoms. The molecule has 0 saturated heterocycles. The summed E-state index contributed by atoms with van der Waals surface area (Å²) in [6, 6.07) is 12.6. The van der Waals surface area contributed by atoms with Crippen LogP contribution in [0, 0.1) is 0 Å². The number of hydrogen-bond donors (Lipinski definition) is 5. The van der Waals surface area contributed by atoms with E-state index in [1.54, 1.807) is 35.7 Å². The van der Waals surface area contributed by atoms with E-state index < -0.39 is 28.6 Å². The number of aromatic amines is 1. The molecular weight excluding hydrogens is 705 g/mol. The zero-order valence-corrected chi connectivity index (χ0v) is 31.7. The number of hydrogen-bond acceptors (Lipinski definition) is 8. The summed E-state index contributed by atoms with van der Waals surface area (Å²) in [6.07, 6.45) is 10.2. The third kappa shape index (κ3) is 9.77. The first-order chi connectivity index (χ1) is 24.9. The Morgan fingerprint density at radius 3 is 2.00 bits per heavy atom. The van der Waals surface area contributed by atoms with E-state index in [0.717, 1.165) is 69.9 Å². The maximum absolute atomic E-state index is 13.3. The van der Waals surface area contributed by atoms with Gasteiger partial charge in [-0.2, -0.15) is 13.1 Å². The van der Waals surface area contributed by atoms with E-state index in [0.29, 0.717) is 17.2 Å². The predicted molar refractivity (Wildman–Crippen MR) is 200 cm³/mol. The average Bonchev–Trinajstić information content (AvgIpc) is 3.71. The second kappa shape index (κ2) is 16.6. The molecule has 2 aliphatic carbocycles. The maximum atomic E-state index is 13.3. The Morgan fingerprint density at radius 2 is 1.40 bits per heavy atom. The fraction of sp³-hybridized carbons (Fsp3) is 0.500. The van der Waals surface area contributed by atoms with Crippen molar-refractivity contribution in [2.75, 3.05) is 4.72 Å². The number of fused-ring (bicyclic) bond motifs is 1. The maximum Gasteiger partial charge on any atom is 0.316 e. The molecule has 5 N–H and O–H groups in total. The summed E-state index contributed by atoms with van der Waals surface area (Å²) in [4.78, 5) is 26.6. The lowest BCUT2D eigenvalue weighted by Gasteiger charge is -2.24. The number of amides is 2. The highest BCUT2D eigenvalue weighted by molar-refractivity contribution is 7.82. The molecule has 2 amide bonds. The molecule has 52 heavy (non-hydrogen) atoms. The zero-order valence-electron chi connectivity index (χ0n) is 30.0. The minimum atomic E-state index is -2.13. The molecular formula is C36H48N8O6S2. The Bertz CT molecular complexity index is 1880. The van der Waals surface area contributed by atoms with E-state index in [4.69, 9.17) is 8.37 Å². The van der Waals surface area contributed by atoms with Gasteiger partial charge in [0.1, 0.15) is 11.5 Å². The Balaban J connectivity index is 1.10. The smallest absolute Gasteiger partial charge is 0.316 e. The quantitative estimate of drug-likeness (QED) is 0.113. The summed E-state index contributed by atoms with van der Waals surface area (Å²) in [6.45, 7) is 8.07. The van der Waals surface area contributed by atoms with Gasteiger partial charge in [0.25, 0.3) is 23.1 Å². The number of carbonyl (C=O) groups excluding carboxylic acids is 2. The van der Waals surface area contributed by atoms with E-state index in [1.165, 1.54) is 18.2 Å². The van der Waals surface area contributed by atoms with Crippen LogP contribution in [0.4, 0.5) is 5.69 Å². The van der Waals surface area contributed by atoms with Crippen LogP contribution in [0.25, 0.3) is 5.65 Å². The van der Waals surface area contributed by atoms with Crippen LogP contribution >= 0.6 is 0 Å². The summed E-state index contributed by atoms with van der Waals surface area (Å²) in [7, 11) is 0. The van der Waals surface area contributed by atoms with Gasteiger partial charge in [0, 0.05) is 46.5 Å². The number of nitrogens with zero attached hydrogens (tertiary/aromatic N) is 3. The van der Waals surface area contributed by atoms with Crippen LogP contribution in [0.3, 0.4) is 0 Å². The second-order valence-corrected chi connectivity index (χ2v) is 16.4. The lowest BCUT2D eigenvalue weighted by atomic mass is 9.93. The van der Waals surface area contributed by atoms with Gasteiger partial charge in [0.2, 0.25) is 0 Å². The highest BCUT2D eigenvalue weighted by atomic mass is 32.2. The van der Waals surface area contributed by atoms with Crippen molar-refractivity contribution in [2.24, 2.45) is 0 Å². The summed E-state index contributed by atoms with van der Waals surface area (Å²) in [5, 5.41) is 17.9. The summed E-state index contributed by atoms with van der Waals surface area (Å²) in [5.41, 5.74) is 2.40. The van der Waals surface area contributed by atoms with Crippen LogP contribution in [0.15, 0.2) is 48.5 Å². The van der Waals surface area contributed by atoms with Crippen LogP contribution in [0.5, 0.6) is 11.5 Å². The Labute approximate surface area is 309 Å². The third-order valence-corrected chi connectivity index (χ3v) is 11.0. The van der Waals surface area contributed by atoms with Crippen molar-refractivity contribution in [3.05, 3.63) is 71.2 Å². The molecule has 0 radical (unpaired) electrons. The first kappa shape index (κ1) is 37.5.